The topological polar surface area (TPSA) is 84.6 Å². The van der Waals surface area contributed by atoms with Crippen LogP contribution in [0.15, 0.2) is 60.7 Å². The van der Waals surface area contributed by atoms with Gasteiger partial charge in [-0.3, -0.25) is 0 Å². The van der Waals surface area contributed by atoms with Crippen LogP contribution in [0.2, 0.25) is 5.02 Å². The van der Waals surface area contributed by atoms with E-state index in [1.807, 2.05) is 48.5 Å². The second-order valence-electron chi connectivity index (χ2n) is 6.99. The van der Waals surface area contributed by atoms with Crippen molar-refractivity contribution < 1.29 is 19.0 Å². The Morgan fingerprint density at radius 1 is 0.844 bits per heavy atom. The van der Waals surface area contributed by atoms with Gasteiger partial charge >= 0.3 is 6.03 Å². The van der Waals surface area contributed by atoms with Crippen molar-refractivity contribution in [3.8, 4) is 28.5 Å². The van der Waals surface area contributed by atoms with Crippen LogP contribution in [0.1, 0.15) is 0 Å². The lowest BCUT2D eigenvalue weighted by Crippen LogP contribution is -2.19. The van der Waals surface area contributed by atoms with Crippen molar-refractivity contribution in [2.24, 2.45) is 0 Å². The van der Waals surface area contributed by atoms with Gasteiger partial charge in [-0.15, -0.1) is 0 Å². The molecular weight excluding hydrogens is 430 g/mol. The standard InChI is InChI=1S/C24H22ClN3O4/c1-30-21-12-18(13-22(31-2)23(21)32-3)27-24(29)26-17-6-4-5-14(10-17)20-11-15-9-16(25)7-8-19(15)28-20/h4-13,28H,1-3H3,(H2,26,27,29). The average Bonchev–Trinajstić information content (AvgIpc) is 3.21. The third-order valence-electron chi connectivity index (χ3n) is 4.94. The van der Waals surface area contributed by atoms with E-state index in [0.29, 0.717) is 33.6 Å². The average molecular weight is 452 g/mol. The van der Waals surface area contributed by atoms with Crippen LogP contribution in [0.4, 0.5) is 16.2 Å². The Labute approximate surface area is 190 Å². The van der Waals surface area contributed by atoms with Crippen LogP contribution in [0.5, 0.6) is 17.2 Å². The highest BCUT2D eigenvalue weighted by Crippen LogP contribution is 2.40. The molecule has 32 heavy (non-hydrogen) atoms. The van der Waals surface area contributed by atoms with Gasteiger partial charge < -0.3 is 29.8 Å². The van der Waals surface area contributed by atoms with E-state index in [9.17, 15) is 4.79 Å². The number of rotatable bonds is 6. The fourth-order valence-corrected chi connectivity index (χ4v) is 3.65. The molecule has 0 spiro atoms. The minimum atomic E-state index is -0.403. The number of hydrogen-bond acceptors (Lipinski definition) is 4. The number of fused-ring (bicyclic) bond motifs is 1. The second kappa shape index (κ2) is 9.11. The van der Waals surface area contributed by atoms with Crippen LogP contribution in [-0.4, -0.2) is 32.3 Å². The highest BCUT2D eigenvalue weighted by atomic mass is 35.5. The number of ether oxygens (including phenoxy) is 3. The Morgan fingerprint density at radius 2 is 1.56 bits per heavy atom. The molecule has 7 nitrogen and oxygen atoms in total. The molecule has 0 saturated carbocycles. The number of anilines is 2. The summed E-state index contributed by atoms with van der Waals surface area (Å²) >= 11 is 6.09. The Morgan fingerprint density at radius 3 is 2.25 bits per heavy atom. The lowest BCUT2D eigenvalue weighted by Gasteiger charge is -2.15. The van der Waals surface area contributed by atoms with Crippen molar-refractivity contribution in [3.05, 3.63) is 65.7 Å². The predicted octanol–water partition coefficient (Wildman–Crippen LogP) is 6.16. The molecule has 0 aliphatic rings. The molecule has 2 amide bonds. The van der Waals surface area contributed by atoms with Crippen LogP contribution in [0, 0.1) is 0 Å². The van der Waals surface area contributed by atoms with E-state index < -0.39 is 6.03 Å². The van der Waals surface area contributed by atoms with Crippen molar-refractivity contribution in [1.82, 2.24) is 4.98 Å². The van der Waals surface area contributed by atoms with Crippen molar-refractivity contribution >= 4 is 39.9 Å². The van der Waals surface area contributed by atoms with E-state index in [2.05, 4.69) is 15.6 Å². The molecule has 1 heterocycles. The van der Waals surface area contributed by atoms with Gasteiger partial charge in [0, 0.05) is 45.0 Å². The molecule has 3 N–H and O–H groups in total. The Bertz CT molecular complexity index is 1260. The predicted molar refractivity (Wildman–Crippen MR) is 127 cm³/mol. The zero-order valence-corrected chi connectivity index (χ0v) is 18.5. The van der Waals surface area contributed by atoms with E-state index in [1.54, 1.807) is 12.1 Å². The summed E-state index contributed by atoms with van der Waals surface area (Å²) in [5, 5.41) is 7.34. The molecule has 0 unspecified atom stereocenters. The minimum Gasteiger partial charge on any atom is -0.493 e. The van der Waals surface area contributed by atoms with Crippen LogP contribution >= 0.6 is 11.6 Å². The first kappa shape index (κ1) is 21.4. The molecule has 3 aromatic carbocycles. The highest BCUT2D eigenvalue weighted by molar-refractivity contribution is 6.31. The summed E-state index contributed by atoms with van der Waals surface area (Å²) in [5.41, 5.74) is 3.99. The molecule has 4 rings (SSSR count). The largest absolute Gasteiger partial charge is 0.493 e. The summed E-state index contributed by atoms with van der Waals surface area (Å²) in [6.45, 7) is 0. The number of urea groups is 1. The zero-order chi connectivity index (χ0) is 22.7. The monoisotopic (exact) mass is 451 g/mol. The maximum absolute atomic E-state index is 12.6. The quantitative estimate of drug-likeness (QED) is 0.328. The third-order valence-corrected chi connectivity index (χ3v) is 5.17. The maximum Gasteiger partial charge on any atom is 0.323 e. The summed E-state index contributed by atoms with van der Waals surface area (Å²) in [4.78, 5) is 16.0. The van der Waals surface area contributed by atoms with E-state index >= 15 is 0 Å². The summed E-state index contributed by atoms with van der Waals surface area (Å²) < 4.78 is 16.0. The Kier molecular flexibility index (Phi) is 6.09. The van der Waals surface area contributed by atoms with Crippen molar-refractivity contribution in [3.63, 3.8) is 0 Å². The molecule has 8 heteroatoms. The van der Waals surface area contributed by atoms with Gasteiger partial charge in [0.05, 0.1) is 27.0 Å². The van der Waals surface area contributed by atoms with E-state index in [4.69, 9.17) is 25.8 Å². The smallest absolute Gasteiger partial charge is 0.323 e. The number of hydrogen-bond donors (Lipinski definition) is 3. The SMILES string of the molecule is COc1cc(NC(=O)Nc2cccc(-c3cc4cc(Cl)ccc4[nH]3)c2)cc(OC)c1OC. The third kappa shape index (κ3) is 4.43. The zero-order valence-electron chi connectivity index (χ0n) is 17.8. The number of aromatic amines is 1. The molecule has 4 aromatic rings. The molecule has 164 valence electrons. The van der Waals surface area contributed by atoms with Crippen molar-refractivity contribution in [2.75, 3.05) is 32.0 Å². The lowest BCUT2D eigenvalue weighted by atomic mass is 10.1. The molecule has 0 atom stereocenters. The Hall–Kier alpha value is -3.84. The number of amides is 2. The fourth-order valence-electron chi connectivity index (χ4n) is 3.47. The van der Waals surface area contributed by atoms with Crippen molar-refractivity contribution in [1.29, 1.82) is 0 Å². The molecule has 0 aliphatic carbocycles. The number of H-pyrrole nitrogens is 1. The number of methoxy groups -OCH3 is 3. The number of aromatic nitrogens is 1. The van der Waals surface area contributed by atoms with Gasteiger partial charge in [0.15, 0.2) is 11.5 Å². The van der Waals surface area contributed by atoms with Gasteiger partial charge in [-0.25, -0.2) is 4.79 Å². The highest BCUT2D eigenvalue weighted by Gasteiger charge is 2.15. The lowest BCUT2D eigenvalue weighted by molar-refractivity contribution is 0.262. The fraction of sp³-hybridized carbons (Fsp3) is 0.125. The number of carbonyl (C=O) groups excluding carboxylic acids is 1. The van der Waals surface area contributed by atoms with Gasteiger partial charge in [-0.2, -0.15) is 0 Å². The van der Waals surface area contributed by atoms with E-state index in [1.165, 1.54) is 21.3 Å². The molecule has 0 saturated heterocycles. The van der Waals surface area contributed by atoms with Gasteiger partial charge in [-0.1, -0.05) is 23.7 Å². The van der Waals surface area contributed by atoms with E-state index in [-0.39, 0.29) is 0 Å². The van der Waals surface area contributed by atoms with Gasteiger partial charge in [0.1, 0.15) is 0 Å². The van der Waals surface area contributed by atoms with Crippen LogP contribution in [0.3, 0.4) is 0 Å². The normalized spacial score (nSPS) is 10.6. The number of benzene rings is 3. The summed E-state index contributed by atoms with van der Waals surface area (Å²) in [6, 6.07) is 18.2. The van der Waals surface area contributed by atoms with E-state index in [0.717, 1.165) is 22.2 Å². The first-order chi connectivity index (χ1) is 15.5. The Balaban J connectivity index is 1.53. The maximum atomic E-state index is 12.6. The van der Waals surface area contributed by atoms with Gasteiger partial charge in [-0.05, 0) is 36.4 Å². The van der Waals surface area contributed by atoms with Gasteiger partial charge in [0.25, 0.3) is 0 Å². The number of nitrogens with one attached hydrogen (secondary N) is 3. The second-order valence-corrected chi connectivity index (χ2v) is 7.42. The first-order valence-electron chi connectivity index (χ1n) is 9.77. The molecule has 0 aliphatic heterocycles. The molecule has 0 radical (unpaired) electrons. The van der Waals surface area contributed by atoms with Crippen molar-refractivity contribution in [2.45, 2.75) is 0 Å². The summed E-state index contributed by atoms with van der Waals surface area (Å²) in [5.74, 6) is 1.35. The molecular formula is C24H22ClN3O4. The van der Waals surface area contributed by atoms with Gasteiger partial charge in [0.2, 0.25) is 5.75 Å². The van der Waals surface area contributed by atoms with Crippen LogP contribution in [-0.2, 0) is 0 Å². The minimum absolute atomic E-state index is 0.403. The molecule has 0 bridgehead atoms. The molecule has 0 fully saturated rings. The number of carbonyl (C=O) groups is 1. The summed E-state index contributed by atoms with van der Waals surface area (Å²) in [6.07, 6.45) is 0. The summed E-state index contributed by atoms with van der Waals surface area (Å²) in [7, 11) is 4.56. The van der Waals surface area contributed by atoms with Crippen LogP contribution < -0.4 is 24.8 Å². The first-order valence-corrected chi connectivity index (χ1v) is 10.1. The van der Waals surface area contributed by atoms with Crippen LogP contribution in [0.25, 0.3) is 22.2 Å². The number of halogens is 1. The molecule has 1 aromatic heterocycles.